The van der Waals surface area contributed by atoms with Crippen molar-refractivity contribution in [1.82, 2.24) is 5.32 Å². The number of hydrogen-bond donors (Lipinski definition) is 2. The van der Waals surface area contributed by atoms with Crippen LogP contribution in [0.2, 0.25) is 0 Å². The topological polar surface area (TPSA) is 64.9 Å². The fraction of sp³-hybridized carbons (Fsp3) is 0.176. The summed E-state index contributed by atoms with van der Waals surface area (Å²) in [6.07, 6.45) is 0.244. The van der Waals surface area contributed by atoms with Crippen molar-refractivity contribution >= 4 is 11.6 Å². The van der Waals surface area contributed by atoms with Crippen LogP contribution in [-0.2, 0) is 11.3 Å². The average Bonchev–Trinajstić information content (AvgIpc) is 2.54. The van der Waals surface area contributed by atoms with E-state index in [1.807, 2.05) is 6.07 Å². The summed E-state index contributed by atoms with van der Waals surface area (Å²) in [5.74, 6) is -0.505. The lowest BCUT2D eigenvalue weighted by molar-refractivity contribution is -0.121. The molecule has 2 rings (SSSR count). The van der Waals surface area contributed by atoms with Gasteiger partial charge >= 0.3 is 0 Å². The molecule has 0 spiro atoms. The van der Waals surface area contributed by atoms with Crippen molar-refractivity contribution in [3.05, 3.63) is 65.5 Å². The summed E-state index contributed by atoms with van der Waals surface area (Å²) in [6, 6.07) is 15.5. The number of carbonyl (C=O) groups excluding carboxylic acids is 1. The van der Waals surface area contributed by atoms with Crippen LogP contribution in [0.1, 0.15) is 17.5 Å². The zero-order valence-electron chi connectivity index (χ0n) is 12.0. The molecule has 4 nitrogen and oxygen atoms in total. The number of carbonyl (C=O) groups is 1. The van der Waals surface area contributed by atoms with Crippen LogP contribution in [0.15, 0.2) is 48.5 Å². The molecule has 5 heteroatoms. The minimum Gasteiger partial charge on any atom is -0.383 e. The summed E-state index contributed by atoms with van der Waals surface area (Å²) >= 11 is 0. The molecule has 1 amide bonds. The van der Waals surface area contributed by atoms with Crippen molar-refractivity contribution in [2.75, 3.05) is 11.9 Å². The number of nitriles is 1. The highest BCUT2D eigenvalue weighted by Gasteiger charge is 2.05. The van der Waals surface area contributed by atoms with Gasteiger partial charge in [-0.2, -0.15) is 5.26 Å². The molecule has 0 fully saturated rings. The predicted octanol–water partition coefficient (Wildman–Crippen LogP) is 2.82. The zero-order valence-corrected chi connectivity index (χ0v) is 12.0. The maximum Gasteiger partial charge on any atom is 0.222 e. The molecular formula is C17H16FN3O. The lowest BCUT2D eigenvalue weighted by atomic mass is 10.2. The van der Waals surface area contributed by atoms with Crippen LogP contribution in [0.4, 0.5) is 10.1 Å². The second-order valence-corrected chi connectivity index (χ2v) is 4.70. The van der Waals surface area contributed by atoms with Crippen LogP contribution < -0.4 is 10.6 Å². The van der Waals surface area contributed by atoms with Crippen molar-refractivity contribution in [3.8, 4) is 6.07 Å². The van der Waals surface area contributed by atoms with Gasteiger partial charge in [0.25, 0.3) is 0 Å². The van der Waals surface area contributed by atoms with E-state index in [9.17, 15) is 9.18 Å². The molecule has 0 saturated heterocycles. The van der Waals surface area contributed by atoms with Gasteiger partial charge in [-0.15, -0.1) is 0 Å². The minimum atomic E-state index is -0.330. The van der Waals surface area contributed by atoms with Gasteiger partial charge < -0.3 is 10.6 Å². The van der Waals surface area contributed by atoms with Gasteiger partial charge in [0.15, 0.2) is 0 Å². The van der Waals surface area contributed by atoms with Gasteiger partial charge in [-0.05, 0) is 18.2 Å². The monoisotopic (exact) mass is 297 g/mol. The second-order valence-electron chi connectivity index (χ2n) is 4.70. The minimum absolute atomic E-state index is 0.167. The maximum absolute atomic E-state index is 13.4. The van der Waals surface area contributed by atoms with E-state index < -0.39 is 0 Å². The molecule has 0 unspecified atom stereocenters. The number of nitrogens with zero attached hydrogens (tertiary/aromatic N) is 1. The molecule has 0 heterocycles. The molecule has 0 aliphatic carbocycles. The van der Waals surface area contributed by atoms with Crippen LogP contribution in [-0.4, -0.2) is 12.5 Å². The van der Waals surface area contributed by atoms with Gasteiger partial charge in [0, 0.05) is 25.1 Å². The maximum atomic E-state index is 13.4. The van der Waals surface area contributed by atoms with E-state index in [0.717, 1.165) is 0 Å². The highest BCUT2D eigenvalue weighted by molar-refractivity contribution is 5.76. The van der Waals surface area contributed by atoms with Crippen molar-refractivity contribution in [3.63, 3.8) is 0 Å². The predicted molar refractivity (Wildman–Crippen MR) is 82.5 cm³/mol. The summed E-state index contributed by atoms with van der Waals surface area (Å²) in [4.78, 5) is 11.7. The first-order valence-corrected chi connectivity index (χ1v) is 6.94. The molecule has 0 saturated carbocycles. The Morgan fingerprint density at radius 1 is 1.14 bits per heavy atom. The zero-order chi connectivity index (χ0) is 15.8. The number of rotatable bonds is 6. The lowest BCUT2D eigenvalue weighted by Gasteiger charge is -2.09. The SMILES string of the molecule is N#Cc1ccccc1NCCC(=O)NCc1ccccc1F. The summed E-state index contributed by atoms with van der Waals surface area (Å²) < 4.78 is 13.4. The third-order valence-corrected chi connectivity index (χ3v) is 3.15. The standard InChI is InChI=1S/C17H16FN3O/c18-15-7-3-1-6-14(15)12-21-17(22)9-10-20-16-8-4-2-5-13(16)11-19/h1-8,20H,9-10,12H2,(H,21,22). The Labute approximate surface area is 128 Å². The molecule has 2 aromatic carbocycles. The number of halogens is 1. The van der Waals surface area contributed by atoms with Crippen molar-refractivity contribution in [2.24, 2.45) is 0 Å². The van der Waals surface area contributed by atoms with Crippen LogP contribution in [0.3, 0.4) is 0 Å². The van der Waals surface area contributed by atoms with Gasteiger partial charge in [0.2, 0.25) is 5.91 Å². The van der Waals surface area contributed by atoms with Gasteiger partial charge in [0.05, 0.1) is 11.3 Å². The molecule has 0 radical (unpaired) electrons. The third kappa shape index (κ3) is 4.32. The Morgan fingerprint density at radius 2 is 1.86 bits per heavy atom. The Balaban J connectivity index is 1.77. The normalized spacial score (nSPS) is 9.82. The van der Waals surface area contributed by atoms with Crippen LogP contribution in [0, 0.1) is 17.1 Å². The van der Waals surface area contributed by atoms with Crippen LogP contribution >= 0.6 is 0 Å². The van der Waals surface area contributed by atoms with E-state index in [-0.39, 0.29) is 24.7 Å². The van der Waals surface area contributed by atoms with E-state index in [4.69, 9.17) is 5.26 Å². The number of para-hydroxylation sites is 1. The molecule has 22 heavy (non-hydrogen) atoms. The summed E-state index contributed by atoms with van der Waals surface area (Å²) in [6.45, 7) is 0.572. The molecule has 0 atom stereocenters. The first-order valence-electron chi connectivity index (χ1n) is 6.94. The Bertz CT molecular complexity index is 694. The lowest BCUT2D eigenvalue weighted by Crippen LogP contribution is -2.25. The third-order valence-electron chi connectivity index (χ3n) is 3.15. The Morgan fingerprint density at radius 3 is 2.64 bits per heavy atom. The Hall–Kier alpha value is -2.87. The fourth-order valence-electron chi connectivity index (χ4n) is 1.97. The number of nitrogens with one attached hydrogen (secondary N) is 2. The van der Waals surface area contributed by atoms with E-state index in [1.54, 1.807) is 36.4 Å². The fourth-order valence-corrected chi connectivity index (χ4v) is 1.97. The van der Waals surface area contributed by atoms with Crippen molar-refractivity contribution in [1.29, 1.82) is 5.26 Å². The van der Waals surface area contributed by atoms with E-state index in [0.29, 0.717) is 23.4 Å². The molecule has 0 bridgehead atoms. The highest BCUT2D eigenvalue weighted by atomic mass is 19.1. The van der Waals surface area contributed by atoms with Gasteiger partial charge in [-0.3, -0.25) is 4.79 Å². The summed E-state index contributed by atoms with van der Waals surface area (Å²) in [5, 5.41) is 14.7. The molecule has 2 aromatic rings. The van der Waals surface area contributed by atoms with E-state index >= 15 is 0 Å². The van der Waals surface area contributed by atoms with Gasteiger partial charge in [-0.25, -0.2) is 4.39 Å². The molecule has 0 aliphatic rings. The number of amides is 1. The number of benzene rings is 2. The quantitative estimate of drug-likeness (QED) is 0.861. The molecule has 112 valence electrons. The number of hydrogen-bond acceptors (Lipinski definition) is 3. The van der Waals surface area contributed by atoms with Crippen molar-refractivity contribution < 1.29 is 9.18 Å². The first kappa shape index (κ1) is 15.5. The molecule has 0 aromatic heterocycles. The first-order chi connectivity index (χ1) is 10.7. The smallest absolute Gasteiger partial charge is 0.222 e. The summed E-state index contributed by atoms with van der Waals surface area (Å²) in [7, 11) is 0. The van der Waals surface area contributed by atoms with E-state index in [2.05, 4.69) is 16.7 Å². The second kappa shape index (κ2) is 7.79. The molecule has 2 N–H and O–H groups in total. The molecule has 0 aliphatic heterocycles. The van der Waals surface area contributed by atoms with Crippen LogP contribution in [0.5, 0.6) is 0 Å². The highest BCUT2D eigenvalue weighted by Crippen LogP contribution is 2.13. The van der Waals surface area contributed by atoms with Gasteiger partial charge in [0.1, 0.15) is 11.9 Å². The van der Waals surface area contributed by atoms with E-state index in [1.165, 1.54) is 6.07 Å². The summed E-state index contributed by atoms with van der Waals surface area (Å²) in [5.41, 5.74) is 1.69. The number of anilines is 1. The average molecular weight is 297 g/mol. The Kier molecular flexibility index (Phi) is 5.50. The largest absolute Gasteiger partial charge is 0.383 e. The van der Waals surface area contributed by atoms with Gasteiger partial charge in [-0.1, -0.05) is 30.3 Å². The molecular weight excluding hydrogens is 281 g/mol. The van der Waals surface area contributed by atoms with Crippen molar-refractivity contribution in [2.45, 2.75) is 13.0 Å². The van der Waals surface area contributed by atoms with Crippen LogP contribution in [0.25, 0.3) is 0 Å².